The number of hydrogen-bond acceptors (Lipinski definition) is 19. The van der Waals surface area contributed by atoms with Crippen molar-refractivity contribution in [2.75, 3.05) is 19.6 Å². The minimum absolute atomic E-state index is 0.00775. The maximum absolute atomic E-state index is 13.9. The Balaban J connectivity index is 6.53. The van der Waals surface area contributed by atoms with Gasteiger partial charge in [0.1, 0.15) is 54.4 Å². The SMILES string of the molecule is CC(C)C[C@H](NC(=O)[C@H](CC(N)=O)NC(=O)[C@@H](NC(=O)[C@H](CCCCN)NC(=O)[C@H](CC(=O)O)NC(=O)[C@H](CC(=O)O)NC(=O)CNC(=O)[C@@H](NC(=O)[C@@H](NC(=O)[C@@H](N)CC(C)C)C(C)C)[C@@H](C)O)[C@@H](C)O)C(=O)N[C@@H](CCCCN)C(=O)O. The molecule has 84 heavy (non-hydrogen) atoms. The summed E-state index contributed by atoms with van der Waals surface area (Å²) in [7, 11) is 0. The van der Waals surface area contributed by atoms with E-state index in [4.69, 9.17) is 22.9 Å². The summed E-state index contributed by atoms with van der Waals surface area (Å²) in [5.41, 5.74) is 22.5. The topological polar surface area (TPSA) is 565 Å². The minimum atomic E-state index is -2.12. The zero-order valence-electron chi connectivity index (χ0n) is 48.8. The molecular formula is C51H90N14O19. The van der Waals surface area contributed by atoms with Gasteiger partial charge in [0.25, 0.3) is 0 Å². The Morgan fingerprint density at radius 3 is 1.21 bits per heavy atom. The molecule has 0 heterocycles. The number of amides is 11. The van der Waals surface area contributed by atoms with Crippen molar-refractivity contribution in [2.24, 2.45) is 40.7 Å². The van der Waals surface area contributed by atoms with E-state index in [9.17, 15) is 92.7 Å². The number of aliphatic hydroxyl groups excluding tert-OH is 2. The monoisotopic (exact) mass is 1200 g/mol. The van der Waals surface area contributed by atoms with Crippen molar-refractivity contribution in [3.8, 4) is 0 Å². The summed E-state index contributed by atoms with van der Waals surface area (Å²) < 4.78 is 0. The molecule has 23 N–H and O–H groups in total. The summed E-state index contributed by atoms with van der Waals surface area (Å²) >= 11 is 0. The molecule has 478 valence electrons. The fourth-order valence-corrected chi connectivity index (χ4v) is 7.98. The fraction of sp³-hybridized carbons (Fsp3) is 0.725. The first-order valence-electron chi connectivity index (χ1n) is 27.5. The molecule has 0 aliphatic rings. The van der Waals surface area contributed by atoms with Gasteiger partial charge < -0.3 is 102 Å². The van der Waals surface area contributed by atoms with E-state index in [1.807, 2.05) is 24.5 Å². The van der Waals surface area contributed by atoms with Crippen LogP contribution in [0.25, 0.3) is 0 Å². The Morgan fingerprint density at radius 1 is 0.405 bits per heavy atom. The van der Waals surface area contributed by atoms with Gasteiger partial charge in [-0.3, -0.25) is 62.3 Å². The van der Waals surface area contributed by atoms with Crippen molar-refractivity contribution in [1.29, 1.82) is 0 Å². The Morgan fingerprint density at radius 2 is 0.774 bits per heavy atom. The maximum Gasteiger partial charge on any atom is 0.326 e. The van der Waals surface area contributed by atoms with Crippen molar-refractivity contribution in [1.82, 2.24) is 53.2 Å². The summed E-state index contributed by atoms with van der Waals surface area (Å²) in [5, 5.41) is 72.6. The normalized spacial score (nSPS) is 15.5. The third kappa shape index (κ3) is 30.1. The van der Waals surface area contributed by atoms with Crippen molar-refractivity contribution in [2.45, 2.75) is 199 Å². The molecule has 0 bridgehead atoms. The number of carbonyl (C=O) groups excluding carboxylic acids is 11. The van der Waals surface area contributed by atoms with Gasteiger partial charge >= 0.3 is 17.9 Å². The third-order valence-corrected chi connectivity index (χ3v) is 12.4. The second kappa shape index (κ2) is 39.0. The zero-order valence-corrected chi connectivity index (χ0v) is 48.8. The number of nitrogens with one attached hydrogen (secondary N) is 10. The number of rotatable bonds is 42. The average Bonchev–Trinajstić information content (AvgIpc) is 3.41. The molecule has 0 unspecified atom stereocenters. The van der Waals surface area contributed by atoms with Crippen LogP contribution in [0.15, 0.2) is 0 Å². The first-order chi connectivity index (χ1) is 39.1. The number of aliphatic carboxylic acids is 3. The number of hydrogen-bond donors (Lipinski definition) is 19. The molecule has 11 amide bonds. The highest BCUT2D eigenvalue weighted by Crippen LogP contribution is 2.12. The quantitative estimate of drug-likeness (QED) is 0.0253. The van der Waals surface area contributed by atoms with Gasteiger partial charge in [-0.1, -0.05) is 41.5 Å². The lowest BCUT2D eigenvalue weighted by molar-refractivity contribution is -0.143. The molecule has 12 atom stereocenters. The number of aliphatic hydroxyl groups is 2. The number of carbonyl (C=O) groups is 14. The molecule has 0 spiro atoms. The molecule has 33 heteroatoms. The summed E-state index contributed by atoms with van der Waals surface area (Å²) in [5.74, 6) is -18.0. The zero-order chi connectivity index (χ0) is 64.7. The van der Waals surface area contributed by atoms with Crippen LogP contribution in [0, 0.1) is 17.8 Å². The Kier molecular flexibility index (Phi) is 35.5. The van der Waals surface area contributed by atoms with Gasteiger partial charge in [-0.05, 0) is 96.1 Å². The van der Waals surface area contributed by atoms with Gasteiger partial charge in [0.2, 0.25) is 65.0 Å². The lowest BCUT2D eigenvalue weighted by Gasteiger charge is -2.28. The molecule has 0 aliphatic carbocycles. The third-order valence-electron chi connectivity index (χ3n) is 12.4. The van der Waals surface area contributed by atoms with Crippen LogP contribution >= 0.6 is 0 Å². The Hall–Kier alpha value is -7.62. The predicted octanol–water partition coefficient (Wildman–Crippen LogP) is -6.53. The number of nitrogens with two attached hydrogens (primary N) is 4. The largest absolute Gasteiger partial charge is 0.481 e. The van der Waals surface area contributed by atoms with Crippen molar-refractivity contribution in [3.05, 3.63) is 0 Å². The average molecular weight is 1200 g/mol. The van der Waals surface area contributed by atoms with E-state index in [-0.39, 0.29) is 57.0 Å². The molecule has 0 aromatic heterocycles. The highest BCUT2D eigenvalue weighted by atomic mass is 16.4. The van der Waals surface area contributed by atoms with Crippen molar-refractivity contribution < 1.29 is 92.7 Å². The van der Waals surface area contributed by atoms with E-state index < -0.39 is 187 Å². The summed E-state index contributed by atoms with van der Waals surface area (Å²) in [4.78, 5) is 183. The van der Waals surface area contributed by atoms with Crippen LogP contribution < -0.4 is 76.1 Å². The van der Waals surface area contributed by atoms with Crippen LogP contribution in [0.5, 0.6) is 0 Å². The van der Waals surface area contributed by atoms with Gasteiger partial charge in [-0.25, -0.2) is 4.79 Å². The molecule has 0 rings (SSSR count). The predicted molar refractivity (Wildman–Crippen MR) is 297 cm³/mol. The highest BCUT2D eigenvalue weighted by molar-refractivity contribution is 6.00. The molecule has 0 aromatic rings. The standard InChI is InChI=1S/C51H90N14O19/c1-23(2)17-28(54)42(74)63-39(25(5)6)49(81)65-40(26(7)66)48(80)56-22-36(69)57-33(20-37(70)71)46(78)61-34(21-38(72)73)47(79)58-29(13-9-11-15-52)43(75)64-41(27(8)67)50(82)62-32(19-35(55)68)45(77)60-31(18-24(3)4)44(76)59-30(51(83)84)14-10-12-16-53/h23-34,39-41,66-67H,9-22,52-54H2,1-8H3,(H2,55,68)(H,56,80)(H,57,69)(H,58,79)(H,59,76)(H,60,77)(H,61,78)(H,62,82)(H,63,74)(H,64,75)(H,65,81)(H,70,71)(H,72,73)(H,83,84)/t26-,27-,28+,29+,30+,31+,32+,33+,34+,39+,40+,41+/m1/s1. The smallest absolute Gasteiger partial charge is 0.326 e. The molecule has 0 radical (unpaired) electrons. The van der Waals surface area contributed by atoms with Crippen LogP contribution in [-0.2, 0) is 67.1 Å². The minimum Gasteiger partial charge on any atom is -0.481 e. The first kappa shape index (κ1) is 76.4. The Labute approximate surface area is 486 Å². The number of carboxylic acid groups (broad SMARTS) is 3. The number of unbranched alkanes of at least 4 members (excludes halogenated alkanes) is 2. The van der Waals surface area contributed by atoms with Crippen LogP contribution in [0.3, 0.4) is 0 Å². The van der Waals surface area contributed by atoms with E-state index in [0.717, 1.165) is 13.8 Å². The van der Waals surface area contributed by atoms with E-state index in [0.29, 0.717) is 19.3 Å². The summed E-state index contributed by atoms with van der Waals surface area (Å²) in [6.07, 6.45) is -5.59. The van der Waals surface area contributed by atoms with Gasteiger partial charge in [0.15, 0.2) is 0 Å². The van der Waals surface area contributed by atoms with Gasteiger partial charge in [-0.15, -0.1) is 0 Å². The van der Waals surface area contributed by atoms with Crippen LogP contribution in [0.4, 0.5) is 0 Å². The van der Waals surface area contributed by atoms with Gasteiger partial charge in [-0.2, -0.15) is 0 Å². The van der Waals surface area contributed by atoms with Crippen molar-refractivity contribution in [3.63, 3.8) is 0 Å². The van der Waals surface area contributed by atoms with Crippen LogP contribution in [0.2, 0.25) is 0 Å². The van der Waals surface area contributed by atoms with E-state index >= 15 is 0 Å². The van der Waals surface area contributed by atoms with Gasteiger partial charge in [0, 0.05) is 0 Å². The van der Waals surface area contributed by atoms with Crippen molar-refractivity contribution >= 4 is 82.9 Å². The first-order valence-corrected chi connectivity index (χ1v) is 27.5. The van der Waals surface area contributed by atoms with E-state index in [1.165, 1.54) is 0 Å². The summed E-state index contributed by atoms with van der Waals surface area (Å²) in [6, 6.07) is -16.4. The maximum atomic E-state index is 13.9. The molecule has 0 aliphatic heterocycles. The molecule has 0 saturated heterocycles. The van der Waals surface area contributed by atoms with E-state index in [2.05, 4.69) is 42.5 Å². The summed E-state index contributed by atoms with van der Waals surface area (Å²) in [6.45, 7) is 11.7. The van der Waals surface area contributed by atoms with Gasteiger partial charge in [0.05, 0.1) is 44.1 Å². The second-order valence-corrected chi connectivity index (χ2v) is 21.5. The van der Waals surface area contributed by atoms with Crippen LogP contribution in [-0.4, -0.2) is 201 Å². The number of carboxylic acids is 3. The second-order valence-electron chi connectivity index (χ2n) is 21.5. The molecule has 0 aromatic carbocycles. The molecule has 0 saturated carbocycles. The Bertz CT molecular complexity index is 2270. The van der Waals surface area contributed by atoms with E-state index in [1.54, 1.807) is 27.7 Å². The molecule has 33 nitrogen and oxygen atoms in total. The van der Waals surface area contributed by atoms with Crippen LogP contribution in [0.1, 0.15) is 126 Å². The lowest BCUT2D eigenvalue weighted by Crippen LogP contribution is -2.62. The lowest BCUT2D eigenvalue weighted by atomic mass is 10.00. The molecular weight excluding hydrogens is 1110 g/mol. The highest BCUT2D eigenvalue weighted by Gasteiger charge is 2.38. The number of primary amides is 1. The fourth-order valence-electron chi connectivity index (χ4n) is 7.98. The molecule has 0 fully saturated rings.